The number of carbonyl (C=O) groups excluding carboxylic acids is 4. The van der Waals surface area contributed by atoms with Crippen molar-refractivity contribution in [2.45, 2.75) is 77.5 Å². The molecule has 1 aliphatic heterocycles. The average molecular weight is 472 g/mol. The Bertz CT molecular complexity index is 1030. The molecule has 1 N–H and O–H groups in total. The van der Waals surface area contributed by atoms with Gasteiger partial charge in [0.1, 0.15) is 18.2 Å². The molecule has 0 aromatic carbocycles. The monoisotopic (exact) mass is 471 g/mol. The summed E-state index contributed by atoms with van der Waals surface area (Å²) in [6, 6.07) is 0. The molecule has 9 atom stereocenters. The van der Waals surface area contributed by atoms with Crippen molar-refractivity contribution in [3.05, 3.63) is 11.6 Å². The highest BCUT2D eigenvalue weighted by molar-refractivity contribution is 5.97. The molecule has 8 nitrogen and oxygen atoms in total. The van der Waals surface area contributed by atoms with Crippen molar-refractivity contribution in [2.75, 3.05) is 6.61 Å². The fourth-order valence-electron chi connectivity index (χ4n) is 8.50. The molecule has 3 saturated carbocycles. The van der Waals surface area contributed by atoms with Crippen LogP contribution in [0.2, 0.25) is 0 Å². The Labute approximate surface area is 199 Å². The molecule has 0 amide bonds. The summed E-state index contributed by atoms with van der Waals surface area (Å²) >= 11 is 0. The molecule has 184 valence electrons. The lowest BCUT2D eigenvalue weighted by atomic mass is 9.45. The van der Waals surface area contributed by atoms with Crippen molar-refractivity contribution < 1.29 is 33.8 Å². The maximum absolute atomic E-state index is 13.6. The smallest absolute Gasteiger partial charge is 0.303 e. The number of aliphatic hydroxyl groups is 1. The van der Waals surface area contributed by atoms with Crippen molar-refractivity contribution in [1.82, 2.24) is 0 Å². The highest BCUT2D eigenvalue weighted by Crippen LogP contribution is 2.69. The normalized spacial score (nSPS) is 46.7. The van der Waals surface area contributed by atoms with Crippen LogP contribution in [-0.4, -0.2) is 59.2 Å². The number of hydrogen-bond donors (Lipinski definition) is 1. The van der Waals surface area contributed by atoms with Crippen LogP contribution in [0.5, 0.6) is 0 Å². The largest absolute Gasteiger partial charge is 0.475 e. The van der Waals surface area contributed by atoms with Crippen LogP contribution in [0.15, 0.2) is 16.6 Å². The fraction of sp³-hybridized carbons (Fsp3) is 0.731. The maximum Gasteiger partial charge on any atom is 0.303 e. The number of ether oxygens (including phenoxy) is 2. The predicted octanol–water partition coefficient (Wildman–Crippen LogP) is 2.21. The zero-order valence-corrected chi connectivity index (χ0v) is 20.2. The molecule has 0 aromatic heterocycles. The van der Waals surface area contributed by atoms with E-state index in [2.05, 4.69) is 13.0 Å². The summed E-state index contributed by atoms with van der Waals surface area (Å²) < 4.78 is 11.2. The number of fused-ring (bicyclic) bond motifs is 7. The predicted molar refractivity (Wildman–Crippen MR) is 121 cm³/mol. The van der Waals surface area contributed by atoms with Gasteiger partial charge in [-0.3, -0.25) is 14.4 Å². The molecule has 0 radical (unpaired) electrons. The number of esters is 1. The van der Waals surface area contributed by atoms with Crippen molar-refractivity contribution in [3.63, 3.8) is 0 Å². The third-order valence-electron chi connectivity index (χ3n) is 9.82. The first kappa shape index (κ1) is 23.4. The molecule has 1 unspecified atom stereocenters. The van der Waals surface area contributed by atoms with Gasteiger partial charge < -0.3 is 19.4 Å². The van der Waals surface area contributed by atoms with E-state index >= 15 is 0 Å². The van der Waals surface area contributed by atoms with E-state index < -0.39 is 40.5 Å². The molecule has 1 heterocycles. The van der Waals surface area contributed by atoms with Crippen LogP contribution in [0.4, 0.5) is 0 Å². The van der Waals surface area contributed by atoms with E-state index in [4.69, 9.17) is 14.5 Å². The second-order valence-corrected chi connectivity index (χ2v) is 11.4. The van der Waals surface area contributed by atoms with Gasteiger partial charge in [0.25, 0.3) is 0 Å². The summed E-state index contributed by atoms with van der Waals surface area (Å²) in [5.41, 5.74) is -1.30. The first-order valence-corrected chi connectivity index (χ1v) is 12.2. The summed E-state index contributed by atoms with van der Waals surface area (Å²) in [4.78, 5) is 53.9. The highest BCUT2D eigenvalue weighted by Gasteiger charge is 2.74. The number of carbonyl (C=O) groups is 4. The molecular formula is C26H33NO7. The second kappa shape index (κ2) is 7.57. The summed E-state index contributed by atoms with van der Waals surface area (Å²) in [7, 11) is 0. The van der Waals surface area contributed by atoms with E-state index in [1.54, 1.807) is 6.92 Å². The molecule has 0 bridgehead atoms. The van der Waals surface area contributed by atoms with Gasteiger partial charge in [-0.2, -0.15) is 0 Å². The van der Waals surface area contributed by atoms with Crippen LogP contribution in [0.25, 0.3) is 0 Å². The first-order valence-electron chi connectivity index (χ1n) is 12.2. The Kier molecular flexibility index (Phi) is 5.21. The van der Waals surface area contributed by atoms with Gasteiger partial charge in [-0.1, -0.05) is 25.5 Å². The molecule has 8 heteroatoms. The number of aliphatic imine (C=N–C) groups is 1. The third kappa shape index (κ3) is 2.90. The third-order valence-corrected chi connectivity index (χ3v) is 9.82. The van der Waals surface area contributed by atoms with E-state index in [-0.39, 0.29) is 42.3 Å². The number of aldehydes is 1. The van der Waals surface area contributed by atoms with Crippen LogP contribution in [0.1, 0.15) is 59.8 Å². The standard InChI is InChI=1S/C26H33NO7/c1-13-27-26(21(32)12-33-14(2)29)22(34-13)8-18-17-6-5-16-7-19(30)15(11-28)9-24(16,3)23(17)20(31)10-25(18,26)4/h5,11,15,17-18,20,22-23,31H,6-10,12H2,1-4H3/t15?,17-,18-,20-,22+,23+,24-,25-,26+/m0/s1. The number of rotatable bonds is 4. The Morgan fingerprint density at radius 3 is 2.74 bits per heavy atom. The van der Waals surface area contributed by atoms with Crippen molar-refractivity contribution in [2.24, 2.45) is 39.5 Å². The molecular weight excluding hydrogens is 438 g/mol. The quantitative estimate of drug-likeness (QED) is 0.289. The average Bonchev–Trinajstić information content (AvgIpc) is 3.22. The molecule has 5 aliphatic rings. The van der Waals surface area contributed by atoms with Crippen LogP contribution in [0.3, 0.4) is 0 Å². The molecule has 5 rings (SSSR count). The fourth-order valence-corrected chi connectivity index (χ4v) is 8.50. The molecule has 3 fully saturated rings. The molecule has 4 aliphatic carbocycles. The van der Waals surface area contributed by atoms with Crippen molar-refractivity contribution in [3.8, 4) is 0 Å². The Hall–Kier alpha value is -2.35. The zero-order chi connectivity index (χ0) is 24.6. The van der Waals surface area contributed by atoms with Gasteiger partial charge in [-0.25, -0.2) is 4.99 Å². The van der Waals surface area contributed by atoms with E-state index in [1.165, 1.54) is 6.92 Å². The van der Waals surface area contributed by atoms with E-state index in [9.17, 15) is 24.3 Å². The number of aliphatic hydroxyl groups excluding tert-OH is 1. The Morgan fingerprint density at radius 2 is 2.06 bits per heavy atom. The van der Waals surface area contributed by atoms with Gasteiger partial charge in [-0.05, 0) is 48.9 Å². The Morgan fingerprint density at radius 1 is 1.32 bits per heavy atom. The summed E-state index contributed by atoms with van der Waals surface area (Å²) in [5.74, 6) is -1.08. The lowest BCUT2D eigenvalue weighted by Gasteiger charge is -2.60. The van der Waals surface area contributed by atoms with Crippen LogP contribution in [0, 0.1) is 34.5 Å². The number of ketones is 2. The maximum atomic E-state index is 13.6. The topological polar surface area (TPSA) is 119 Å². The van der Waals surface area contributed by atoms with Crippen molar-refractivity contribution >= 4 is 29.7 Å². The van der Waals surface area contributed by atoms with Crippen LogP contribution < -0.4 is 0 Å². The molecule has 0 saturated heterocycles. The lowest BCUT2D eigenvalue weighted by molar-refractivity contribution is -0.157. The molecule has 0 spiro atoms. The second-order valence-electron chi connectivity index (χ2n) is 11.4. The summed E-state index contributed by atoms with van der Waals surface area (Å²) in [5, 5.41) is 11.7. The van der Waals surface area contributed by atoms with Crippen molar-refractivity contribution in [1.29, 1.82) is 0 Å². The van der Waals surface area contributed by atoms with Gasteiger partial charge >= 0.3 is 5.97 Å². The van der Waals surface area contributed by atoms with Gasteiger partial charge in [0.05, 0.1) is 12.0 Å². The Balaban J connectivity index is 1.55. The van der Waals surface area contributed by atoms with Gasteiger partial charge in [0.2, 0.25) is 5.78 Å². The van der Waals surface area contributed by atoms with Gasteiger partial charge in [-0.15, -0.1) is 0 Å². The zero-order valence-electron chi connectivity index (χ0n) is 20.2. The minimum atomic E-state index is -1.21. The highest BCUT2D eigenvalue weighted by atomic mass is 16.5. The number of allylic oxidation sites excluding steroid dienone is 2. The molecule has 0 aromatic rings. The van der Waals surface area contributed by atoms with Crippen LogP contribution >= 0.6 is 0 Å². The number of Topliss-reactive ketones (excluding diaryl/α,β-unsaturated/α-hetero) is 2. The lowest BCUT2D eigenvalue weighted by Crippen LogP contribution is -2.62. The minimum Gasteiger partial charge on any atom is -0.475 e. The number of nitrogens with zero attached hydrogens (tertiary/aromatic N) is 1. The van der Waals surface area contributed by atoms with Gasteiger partial charge in [0, 0.05) is 25.7 Å². The van der Waals surface area contributed by atoms with Gasteiger partial charge in [0.15, 0.2) is 18.0 Å². The van der Waals surface area contributed by atoms with E-state index in [0.29, 0.717) is 31.6 Å². The number of hydrogen-bond acceptors (Lipinski definition) is 8. The SMILES string of the molecule is CC(=O)OCC(=O)[C@@]12N=C(C)O[C@@H]1C[C@H]1[C@@H]3CC=C4CC(=O)C(C=O)C[C@]4(C)[C@H]3[C@@H](O)C[C@@]12C. The van der Waals surface area contributed by atoms with E-state index in [0.717, 1.165) is 11.9 Å². The summed E-state index contributed by atoms with van der Waals surface area (Å²) in [6.07, 6.45) is 4.04. The van der Waals surface area contributed by atoms with Crippen LogP contribution in [-0.2, 0) is 28.7 Å². The molecule has 34 heavy (non-hydrogen) atoms. The minimum absolute atomic E-state index is 0.0454. The van der Waals surface area contributed by atoms with E-state index in [1.807, 2.05) is 6.92 Å². The first-order chi connectivity index (χ1) is 16.0. The summed E-state index contributed by atoms with van der Waals surface area (Å²) in [6.45, 7) is 6.73.